The molecule has 4 aromatic heterocycles. The average molecular weight is 1770 g/mol. The number of carbonyl (C=O) groups excluding carboxylic acids is 3. The maximum Gasteiger partial charge on any atom is 0.307 e. The molecule has 478 valence electrons. The number of esters is 1. The molecule has 2 N–H and O–H groups in total. The standard InChI is InChI=1S/C15H13ClO4.C14H11ClO4.C9H7BrClIO.C9H6BrClO.C9H8BrClO.C9H6ClO.3CH3.Sn/c1-7-3-9-4-8(5-12(16)14(9)20-7)13(17)10-6-11(10)15(18)19-2;1-6-2-8-3-7(4-11(15)13(8)19-6)12(16)9-5-10(9)14(17)18;10-6-1-5-2-7(4-12)13-9(5)8(11)3-6;1-5-2-6-3-7(10)4-8(11)9(6)12-5;1-2-3-6-4-7(10)5-8(11)9(6)12;1-6-5-7-3-2-4-8(10)9(7)11-6;;;;/h3-5,10-11H,6H2,1-2H3;2-4,9-10H,5H2,1H3,(H,17,18);1,3,7H,2,4H2;2-4H,1H3;2,4-5,12H,1,3H2;3-5H,1H3;3*1H3;/t10-,11-;9-,10-;;;;;;;;/m00......../s1. The van der Waals surface area contributed by atoms with Crippen LogP contribution in [-0.2, 0) is 27.2 Å². The number of phenols is 1. The van der Waals surface area contributed by atoms with Gasteiger partial charge in [0.2, 0.25) is 0 Å². The molecular weight excluding hydrogens is 1710 g/mol. The largest absolute Gasteiger partial charge is 0.487 e. The molecule has 6 aromatic carbocycles. The number of hydrogen-bond donors (Lipinski definition) is 2. The van der Waals surface area contributed by atoms with Crippen LogP contribution in [0, 0.1) is 51.4 Å². The summed E-state index contributed by atoms with van der Waals surface area (Å²) in [6.45, 7) is 11.1. The molecule has 1 aliphatic heterocycles. The summed E-state index contributed by atoms with van der Waals surface area (Å²) in [5, 5.41) is 25.3. The van der Waals surface area contributed by atoms with Gasteiger partial charge in [0, 0.05) is 74.5 Å². The quantitative estimate of drug-likeness (QED) is 0.0331. The van der Waals surface area contributed by atoms with Crippen LogP contribution in [0.1, 0.15) is 67.7 Å². The molecule has 10 aromatic rings. The zero-order valence-corrected chi connectivity index (χ0v) is 64.5. The number of halogens is 10. The van der Waals surface area contributed by atoms with Crippen LogP contribution in [0.5, 0.6) is 11.5 Å². The maximum atomic E-state index is 12.3. The molecule has 0 amide bonds. The summed E-state index contributed by atoms with van der Waals surface area (Å²) in [7, 11) is 1.33. The summed E-state index contributed by atoms with van der Waals surface area (Å²) in [5.74, 6) is 1.24. The van der Waals surface area contributed by atoms with Crippen molar-refractivity contribution in [3.63, 3.8) is 0 Å². The minimum Gasteiger partial charge on any atom is -0.487 e. The third kappa shape index (κ3) is 18.4. The second-order valence-corrected chi connectivity index (χ2v) is 43.5. The molecule has 5 atom stereocenters. The number of benzene rings is 6. The number of furan rings is 4. The molecule has 12 nitrogen and oxygen atoms in total. The number of ketones is 2. The van der Waals surface area contributed by atoms with Crippen molar-refractivity contribution in [1.82, 2.24) is 0 Å². The number of hydrogen-bond acceptors (Lipinski definition) is 11. The van der Waals surface area contributed by atoms with Crippen molar-refractivity contribution in [3.05, 3.63) is 199 Å². The van der Waals surface area contributed by atoms with Gasteiger partial charge in [0.25, 0.3) is 0 Å². The molecule has 0 bridgehead atoms. The molecule has 13 rings (SSSR count). The molecule has 23 heteroatoms. The smallest absolute Gasteiger partial charge is 0.307 e. The van der Waals surface area contributed by atoms with Crippen LogP contribution in [0.3, 0.4) is 0 Å². The predicted molar refractivity (Wildman–Crippen MR) is 387 cm³/mol. The van der Waals surface area contributed by atoms with E-state index in [2.05, 4.69) is 121 Å². The molecule has 2 aliphatic carbocycles. The van der Waals surface area contributed by atoms with Crippen molar-refractivity contribution in [2.24, 2.45) is 23.7 Å². The van der Waals surface area contributed by atoms with Crippen LogP contribution < -0.4 is 8.32 Å². The number of aryl methyl sites for hydroxylation is 4. The monoisotopic (exact) mass is 1760 g/mol. The number of aliphatic carboxylic acids is 1. The number of carbonyl (C=O) groups is 4. The number of phenolic OH excluding ortho intramolecular Hbond substituents is 1. The average Bonchev–Trinajstić information content (AvgIpc) is 1.69. The summed E-state index contributed by atoms with van der Waals surface area (Å²) in [4.78, 5) is 53.9. The number of carboxylic acid groups (broad SMARTS) is 1. The molecule has 2 fully saturated rings. The third-order valence-corrected chi connectivity index (χ3v) is 24.5. The summed E-state index contributed by atoms with van der Waals surface area (Å²) in [6, 6.07) is 29.8. The van der Waals surface area contributed by atoms with Gasteiger partial charge in [-0.2, -0.15) is 0 Å². The van der Waals surface area contributed by atoms with E-state index in [0.29, 0.717) is 72.8 Å². The normalized spacial score (nSPS) is 16.7. The van der Waals surface area contributed by atoms with E-state index in [1.807, 2.05) is 57.2 Å². The van der Waals surface area contributed by atoms with Crippen molar-refractivity contribution in [2.75, 3.05) is 11.5 Å². The molecule has 0 saturated heterocycles. The first-order valence-electron chi connectivity index (χ1n) is 28.2. The van der Waals surface area contributed by atoms with Crippen LogP contribution in [-0.4, -0.2) is 69.7 Å². The molecule has 0 spiro atoms. The van der Waals surface area contributed by atoms with Crippen LogP contribution in [0.15, 0.2) is 141 Å². The third-order valence-electron chi connectivity index (χ3n) is 14.7. The Morgan fingerprint density at radius 3 is 1.46 bits per heavy atom. The SMILES string of the molecule is C=CCc1cc(Br)cc(Cl)c1O.COC(=O)[C@H]1C[C@@H]1C(=O)c1cc(Cl)c2oc(C)cc2c1.Cc1cc2c[c]([Sn]([CH3])([CH3])[CH3])cc(Cl)c2o1.Cc1cc2cc(Br)cc(Cl)c2o1.Cc1cc2cc(C(=O)[C@H]3C[C@@H]3C(=O)O)cc(Cl)c2o1.Clc1cc(Br)cc2c1OC(CI)C2. The maximum absolute atomic E-state index is 12.3. The number of aromatic hydroxyl groups is 1. The van der Waals surface area contributed by atoms with Crippen LogP contribution in [0.25, 0.3) is 43.9 Å². The van der Waals surface area contributed by atoms with Gasteiger partial charge in [-0.3, -0.25) is 19.2 Å². The first kappa shape index (κ1) is 72.6. The van der Waals surface area contributed by atoms with Gasteiger partial charge in [0.15, 0.2) is 28.3 Å². The Hall–Kier alpha value is -4.19. The van der Waals surface area contributed by atoms with Crippen LogP contribution in [0.4, 0.5) is 0 Å². The Kier molecular flexibility index (Phi) is 24.8. The van der Waals surface area contributed by atoms with E-state index in [4.69, 9.17) is 97.1 Å². The topological polar surface area (TPSA) is 180 Å². The van der Waals surface area contributed by atoms with E-state index in [1.54, 1.807) is 49.4 Å². The van der Waals surface area contributed by atoms with Crippen molar-refractivity contribution in [2.45, 2.75) is 74.3 Å². The number of allylic oxidation sites excluding steroid dienone is 1. The zero-order valence-electron chi connectivity index (χ0n) is 50.2. The Balaban J connectivity index is 0.000000142. The fourth-order valence-corrected chi connectivity index (χ4v) is 17.6. The Morgan fingerprint density at radius 1 is 0.582 bits per heavy atom. The number of methoxy groups -OCH3 is 1. The van der Waals surface area contributed by atoms with Gasteiger partial charge >= 0.3 is 112 Å². The molecule has 91 heavy (non-hydrogen) atoms. The second-order valence-electron chi connectivity index (χ2n) is 23.0. The minimum atomic E-state index is -2.02. The van der Waals surface area contributed by atoms with E-state index in [9.17, 15) is 24.3 Å². The summed E-state index contributed by atoms with van der Waals surface area (Å²) in [5.41, 5.74) is 5.69. The molecular formula is C68H60Br3Cl6IO12Sn. The Bertz CT molecular complexity index is 4440. The second kappa shape index (κ2) is 31.1. The van der Waals surface area contributed by atoms with Gasteiger partial charge in [-0.25, -0.2) is 0 Å². The first-order chi connectivity index (χ1) is 42.9. The molecule has 1 unspecified atom stereocenters. The van der Waals surface area contributed by atoms with E-state index in [-0.39, 0.29) is 35.1 Å². The number of Topliss-reactive ketones (excluding diaryl/α,β-unsaturated/α-hetero) is 2. The van der Waals surface area contributed by atoms with Crippen molar-refractivity contribution >= 4 is 229 Å². The zero-order chi connectivity index (χ0) is 66.7. The van der Waals surface area contributed by atoms with Crippen LogP contribution in [0.2, 0.25) is 45.0 Å². The fraction of sp³-hybridized carbons (Fsp3) is 0.265. The minimum absolute atomic E-state index is 0.0666. The molecule has 2 saturated carbocycles. The van der Waals surface area contributed by atoms with E-state index in [0.717, 1.165) is 96.4 Å². The van der Waals surface area contributed by atoms with Gasteiger partial charge < -0.3 is 32.9 Å². The number of rotatable bonds is 10. The van der Waals surface area contributed by atoms with Gasteiger partial charge in [0.05, 0.1) is 44.1 Å². The number of ether oxygens (including phenoxy) is 2. The first-order valence-corrected chi connectivity index (χ1v) is 44.4. The van der Waals surface area contributed by atoms with Gasteiger partial charge in [-0.1, -0.05) is 134 Å². The Labute approximate surface area is 598 Å². The molecule has 3 aliphatic rings. The van der Waals surface area contributed by atoms with Gasteiger partial charge in [-0.15, -0.1) is 6.58 Å². The summed E-state index contributed by atoms with van der Waals surface area (Å²) in [6.07, 6.45) is 4.56. The number of carboxylic acids is 1. The van der Waals surface area contributed by atoms with E-state index < -0.39 is 36.2 Å². The number of alkyl halides is 1. The molecule has 5 heterocycles. The van der Waals surface area contributed by atoms with E-state index in [1.165, 1.54) is 16.3 Å². The fourth-order valence-electron chi connectivity index (χ4n) is 10.1. The van der Waals surface area contributed by atoms with Crippen molar-refractivity contribution < 1.29 is 56.5 Å². The van der Waals surface area contributed by atoms with Gasteiger partial charge in [-0.05, 0) is 119 Å². The number of fused-ring (bicyclic) bond motifs is 5. The van der Waals surface area contributed by atoms with Crippen LogP contribution >= 0.6 is 140 Å². The molecule has 0 radical (unpaired) electrons. The predicted octanol–water partition coefficient (Wildman–Crippen LogP) is 22.2. The van der Waals surface area contributed by atoms with Crippen molar-refractivity contribution in [1.29, 1.82) is 0 Å². The van der Waals surface area contributed by atoms with Crippen molar-refractivity contribution in [3.8, 4) is 11.5 Å². The Morgan fingerprint density at radius 2 is 1.00 bits per heavy atom. The summed E-state index contributed by atoms with van der Waals surface area (Å²) < 4.78 is 37.5. The van der Waals surface area contributed by atoms with Gasteiger partial charge in [0.1, 0.15) is 34.9 Å². The van der Waals surface area contributed by atoms with E-state index >= 15 is 0 Å². The summed E-state index contributed by atoms with van der Waals surface area (Å²) >= 11 is 46.5.